The molecular weight excluding hydrogens is 544 g/mol. The number of rotatable bonds is 5. The Morgan fingerprint density at radius 3 is 2.12 bits per heavy atom. The van der Waals surface area contributed by atoms with Crippen molar-refractivity contribution < 1.29 is 14.4 Å². The number of nitrogens with zero attached hydrogens (tertiary/aromatic N) is 1. The van der Waals surface area contributed by atoms with E-state index in [1.807, 2.05) is 0 Å². The second-order valence-corrected chi connectivity index (χ2v) is 9.12. The Hall–Kier alpha value is -2.74. The first-order chi connectivity index (χ1) is 16.1. The second kappa shape index (κ2) is 9.86. The van der Waals surface area contributed by atoms with Crippen LogP contribution in [0, 0.1) is 0 Å². The Bertz CT molecular complexity index is 1370. The molecule has 6 nitrogen and oxygen atoms in total. The van der Waals surface area contributed by atoms with Gasteiger partial charge in [-0.05, 0) is 54.6 Å². The normalized spacial score (nSPS) is 13.5. The Morgan fingerprint density at radius 2 is 1.44 bits per heavy atom. The molecule has 0 saturated carbocycles. The van der Waals surface area contributed by atoms with E-state index in [9.17, 15) is 14.4 Å². The van der Waals surface area contributed by atoms with Crippen molar-refractivity contribution in [2.45, 2.75) is 0 Å². The predicted octanol–water partition coefficient (Wildman–Crippen LogP) is 6.99. The third-order valence-corrected chi connectivity index (χ3v) is 6.23. The molecule has 0 unspecified atom stereocenters. The van der Waals surface area contributed by atoms with Gasteiger partial charge in [0.05, 0.1) is 15.7 Å². The average molecular weight is 556 g/mol. The first kappa shape index (κ1) is 24.4. The molecule has 0 fully saturated rings. The summed E-state index contributed by atoms with van der Waals surface area (Å²) in [5.41, 5.74) is 1.13. The predicted molar refractivity (Wildman–Crippen MR) is 136 cm³/mol. The molecule has 3 aromatic carbocycles. The fraction of sp³-hybridized carbons (Fsp3) is 0. The van der Waals surface area contributed by atoms with E-state index in [0.29, 0.717) is 21.4 Å². The highest BCUT2D eigenvalue weighted by Gasteiger charge is 2.39. The Kier molecular flexibility index (Phi) is 7.07. The van der Waals surface area contributed by atoms with Crippen molar-refractivity contribution in [1.82, 2.24) is 0 Å². The van der Waals surface area contributed by atoms with E-state index < -0.39 is 17.7 Å². The third-order valence-electron chi connectivity index (χ3n) is 4.70. The zero-order chi connectivity index (χ0) is 24.6. The van der Waals surface area contributed by atoms with Crippen LogP contribution in [0.3, 0.4) is 0 Å². The van der Waals surface area contributed by atoms with Gasteiger partial charge >= 0.3 is 0 Å². The van der Waals surface area contributed by atoms with Gasteiger partial charge in [0.1, 0.15) is 10.7 Å². The van der Waals surface area contributed by atoms with Gasteiger partial charge in [0.15, 0.2) is 0 Å². The second-order valence-electron chi connectivity index (χ2n) is 7.05. The standard InChI is InChI=1S/C23H12Cl5N3O3/c24-12-7-13(25)9-16(8-12)31-22(33)19(28)20(23(31)34)29-14-3-1-2-11(6-14)21(32)30-15-4-5-17(26)18(27)10-15/h1-10,29H,(H,30,32). The number of hydrogen-bond donors (Lipinski definition) is 2. The van der Waals surface area contributed by atoms with Crippen LogP contribution in [0.25, 0.3) is 0 Å². The molecule has 3 amide bonds. The molecule has 0 bridgehead atoms. The number of imide groups is 1. The topological polar surface area (TPSA) is 78.5 Å². The first-order valence-corrected chi connectivity index (χ1v) is 11.4. The van der Waals surface area contributed by atoms with Gasteiger partial charge in [-0.25, -0.2) is 4.90 Å². The molecule has 11 heteroatoms. The highest BCUT2D eigenvalue weighted by Crippen LogP contribution is 2.33. The van der Waals surface area contributed by atoms with Gasteiger partial charge < -0.3 is 10.6 Å². The Morgan fingerprint density at radius 1 is 0.735 bits per heavy atom. The molecule has 3 aromatic rings. The minimum atomic E-state index is -0.735. The lowest BCUT2D eigenvalue weighted by Crippen LogP contribution is -2.32. The van der Waals surface area contributed by atoms with Crippen molar-refractivity contribution in [3.8, 4) is 0 Å². The van der Waals surface area contributed by atoms with Gasteiger partial charge in [-0.2, -0.15) is 0 Å². The van der Waals surface area contributed by atoms with Crippen LogP contribution in [0.4, 0.5) is 17.1 Å². The van der Waals surface area contributed by atoms with Gasteiger partial charge in [-0.1, -0.05) is 64.1 Å². The summed E-state index contributed by atoms with van der Waals surface area (Å²) in [4.78, 5) is 39.2. The summed E-state index contributed by atoms with van der Waals surface area (Å²) in [7, 11) is 0. The summed E-state index contributed by atoms with van der Waals surface area (Å²) in [6.07, 6.45) is 0. The SMILES string of the molecule is O=C(Nc1ccc(Cl)c(Cl)c1)c1cccc(NC2=C(Cl)C(=O)N(c3cc(Cl)cc(Cl)c3)C2=O)c1. The third kappa shape index (κ3) is 5.02. The Balaban J connectivity index is 1.55. The summed E-state index contributed by atoms with van der Waals surface area (Å²) in [6, 6.07) is 15.3. The highest BCUT2D eigenvalue weighted by atomic mass is 35.5. The number of anilines is 3. The molecule has 0 atom stereocenters. The smallest absolute Gasteiger partial charge is 0.283 e. The summed E-state index contributed by atoms with van der Waals surface area (Å²) >= 11 is 30.1. The van der Waals surface area contributed by atoms with Crippen molar-refractivity contribution in [3.05, 3.63) is 97.0 Å². The van der Waals surface area contributed by atoms with Gasteiger partial charge in [0.25, 0.3) is 17.7 Å². The fourth-order valence-electron chi connectivity index (χ4n) is 3.17. The Labute approximate surface area is 219 Å². The zero-order valence-electron chi connectivity index (χ0n) is 16.8. The van der Waals surface area contributed by atoms with Crippen LogP contribution in [0.2, 0.25) is 20.1 Å². The van der Waals surface area contributed by atoms with E-state index >= 15 is 0 Å². The van der Waals surface area contributed by atoms with Crippen LogP contribution in [-0.4, -0.2) is 17.7 Å². The molecule has 4 rings (SSSR count). The summed E-state index contributed by atoms with van der Waals surface area (Å²) in [5.74, 6) is -1.86. The minimum absolute atomic E-state index is 0.148. The van der Waals surface area contributed by atoms with Crippen LogP contribution in [0.5, 0.6) is 0 Å². The molecule has 0 aliphatic carbocycles. The highest BCUT2D eigenvalue weighted by molar-refractivity contribution is 6.53. The quantitative estimate of drug-likeness (QED) is 0.333. The summed E-state index contributed by atoms with van der Waals surface area (Å²) in [5, 5.41) is 6.38. The summed E-state index contributed by atoms with van der Waals surface area (Å²) in [6.45, 7) is 0. The van der Waals surface area contributed by atoms with Crippen LogP contribution in [0.15, 0.2) is 71.4 Å². The number of carbonyl (C=O) groups is 3. The number of benzene rings is 3. The lowest BCUT2D eigenvalue weighted by Gasteiger charge is -2.16. The van der Waals surface area contributed by atoms with Gasteiger partial charge in [0, 0.05) is 27.0 Å². The molecule has 1 heterocycles. The maximum Gasteiger partial charge on any atom is 0.283 e. The molecule has 0 radical (unpaired) electrons. The van der Waals surface area contributed by atoms with Crippen LogP contribution in [-0.2, 0) is 9.59 Å². The van der Waals surface area contributed by atoms with Crippen LogP contribution >= 0.6 is 58.0 Å². The number of carbonyl (C=O) groups excluding carboxylic acids is 3. The molecule has 1 aliphatic heterocycles. The van der Waals surface area contributed by atoms with E-state index in [2.05, 4.69) is 10.6 Å². The molecule has 0 aromatic heterocycles. The first-order valence-electron chi connectivity index (χ1n) is 9.52. The van der Waals surface area contributed by atoms with Gasteiger partial charge in [0.2, 0.25) is 0 Å². The molecule has 34 heavy (non-hydrogen) atoms. The largest absolute Gasteiger partial charge is 0.350 e. The van der Waals surface area contributed by atoms with Crippen molar-refractivity contribution in [3.63, 3.8) is 0 Å². The number of hydrogen-bond acceptors (Lipinski definition) is 4. The lowest BCUT2D eigenvalue weighted by molar-refractivity contribution is -0.120. The number of amides is 3. The van der Waals surface area contributed by atoms with Crippen molar-refractivity contribution in [2.24, 2.45) is 0 Å². The fourth-order valence-corrected chi connectivity index (χ4v) is 4.20. The molecule has 1 aliphatic rings. The van der Waals surface area contributed by atoms with E-state index in [1.54, 1.807) is 30.3 Å². The van der Waals surface area contributed by atoms with Crippen molar-refractivity contribution in [2.75, 3.05) is 15.5 Å². The van der Waals surface area contributed by atoms with Crippen molar-refractivity contribution in [1.29, 1.82) is 0 Å². The zero-order valence-corrected chi connectivity index (χ0v) is 20.6. The molecule has 2 N–H and O–H groups in total. The van der Waals surface area contributed by atoms with E-state index in [4.69, 9.17) is 58.0 Å². The number of halogens is 5. The average Bonchev–Trinajstić information content (AvgIpc) is 2.99. The molecule has 0 spiro atoms. The van der Waals surface area contributed by atoms with Crippen molar-refractivity contribution >= 4 is 92.8 Å². The van der Waals surface area contributed by atoms with E-state index in [0.717, 1.165) is 4.90 Å². The maximum absolute atomic E-state index is 13.0. The van der Waals surface area contributed by atoms with Crippen LogP contribution in [0.1, 0.15) is 10.4 Å². The van der Waals surface area contributed by atoms with E-state index in [-0.39, 0.29) is 32.0 Å². The van der Waals surface area contributed by atoms with Gasteiger partial charge in [-0.3, -0.25) is 14.4 Å². The molecule has 172 valence electrons. The lowest BCUT2D eigenvalue weighted by atomic mass is 10.1. The number of nitrogens with one attached hydrogen (secondary N) is 2. The minimum Gasteiger partial charge on any atom is -0.350 e. The van der Waals surface area contributed by atoms with Gasteiger partial charge in [-0.15, -0.1) is 0 Å². The maximum atomic E-state index is 13.0. The molecular formula is C23H12Cl5N3O3. The van der Waals surface area contributed by atoms with Crippen LogP contribution < -0.4 is 15.5 Å². The monoisotopic (exact) mass is 553 g/mol. The molecule has 0 saturated heterocycles. The van der Waals surface area contributed by atoms with E-state index in [1.165, 1.54) is 30.3 Å². The summed E-state index contributed by atoms with van der Waals surface area (Å²) < 4.78 is 0.